The predicted molar refractivity (Wildman–Crippen MR) is 58.2 cm³/mol. The number of aryl methyl sites for hydroxylation is 1. The predicted octanol–water partition coefficient (Wildman–Crippen LogP) is 1.04. The summed E-state index contributed by atoms with van der Waals surface area (Å²) in [4.78, 5) is 14.7. The quantitative estimate of drug-likeness (QED) is 0.731. The average Bonchev–Trinajstić information content (AvgIpc) is 2.69. The zero-order chi connectivity index (χ0) is 10.8. The van der Waals surface area contributed by atoms with Gasteiger partial charge in [-0.2, -0.15) is 4.98 Å². The second-order valence-electron chi connectivity index (χ2n) is 3.53. The van der Waals surface area contributed by atoms with Gasteiger partial charge in [-0.15, -0.1) is 0 Å². The first-order valence-corrected chi connectivity index (χ1v) is 4.68. The number of nitrogens with zero attached hydrogens (tertiary/aromatic N) is 5. The molecule has 0 aliphatic heterocycles. The number of rotatable bonds is 2. The maximum Gasteiger partial charge on any atom is 0.237 e. The Balaban J connectivity index is 2.49. The van der Waals surface area contributed by atoms with E-state index in [1.165, 1.54) is 0 Å². The van der Waals surface area contributed by atoms with Crippen LogP contribution in [0.3, 0.4) is 0 Å². The summed E-state index contributed by atoms with van der Waals surface area (Å²) >= 11 is 0. The van der Waals surface area contributed by atoms with Crippen molar-refractivity contribution < 1.29 is 0 Å². The van der Waals surface area contributed by atoms with Crippen LogP contribution >= 0.6 is 0 Å². The molecule has 0 saturated heterocycles. The molecule has 0 unspecified atom stereocenters. The number of hydrogen-bond acceptors (Lipinski definition) is 4. The van der Waals surface area contributed by atoms with E-state index in [1.54, 1.807) is 17.1 Å². The lowest BCUT2D eigenvalue weighted by molar-refractivity contribution is 0.894. The lowest BCUT2D eigenvalue weighted by Gasteiger charge is -2.12. The second-order valence-corrected chi connectivity index (χ2v) is 3.53. The summed E-state index contributed by atoms with van der Waals surface area (Å²) in [6.07, 6.45) is 5.23. The minimum Gasteiger partial charge on any atom is -0.363 e. The van der Waals surface area contributed by atoms with Crippen molar-refractivity contribution in [3.8, 4) is 5.95 Å². The molecule has 0 amide bonds. The molecule has 2 rings (SSSR count). The van der Waals surface area contributed by atoms with Crippen LogP contribution in [0.5, 0.6) is 0 Å². The van der Waals surface area contributed by atoms with Crippen LogP contribution in [-0.4, -0.2) is 33.6 Å². The fraction of sp³-hybridized carbons (Fsp3) is 0.300. The molecule has 2 heterocycles. The summed E-state index contributed by atoms with van der Waals surface area (Å²) in [5.41, 5.74) is 0.942. The molecule has 2 aromatic heterocycles. The Morgan fingerprint density at radius 2 is 2.07 bits per heavy atom. The van der Waals surface area contributed by atoms with E-state index < -0.39 is 0 Å². The summed E-state index contributed by atoms with van der Waals surface area (Å²) in [5.74, 6) is 1.54. The molecule has 5 heteroatoms. The maximum absolute atomic E-state index is 4.41. The Kier molecular flexibility index (Phi) is 2.37. The SMILES string of the molecule is Cc1cc(N(C)C)nc(-n2ccnc2)n1. The van der Waals surface area contributed by atoms with Crippen LogP contribution in [-0.2, 0) is 0 Å². The highest BCUT2D eigenvalue weighted by Gasteiger charge is 2.04. The van der Waals surface area contributed by atoms with Gasteiger partial charge in [0.1, 0.15) is 12.1 Å². The van der Waals surface area contributed by atoms with Crippen LogP contribution in [0, 0.1) is 6.92 Å². The van der Waals surface area contributed by atoms with Gasteiger partial charge >= 0.3 is 0 Å². The number of imidazole rings is 1. The van der Waals surface area contributed by atoms with Crippen molar-refractivity contribution in [3.63, 3.8) is 0 Å². The van der Waals surface area contributed by atoms with E-state index in [9.17, 15) is 0 Å². The Labute approximate surface area is 88.4 Å². The number of hydrogen-bond donors (Lipinski definition) is 0. The highest BCUT2D eigenvalue weighted by molar-refractivity contribution is 5.40. The zero-order valence-electron chi connectivity index (χ0n) is 9.05. The van der Waals surface area contributed by atoms with Crippen molar-refractivity contribution in [2.75, 3.05) is 19.0 Å². The van der Waals surface area contributed by atoms with Crippen molar-refractivity contribution in [1.29, 1.82) is 0 Å². The molecule has 0 spiro atoms. The largest absolute Gasteiger partial charge is 0.363 e. The monoisotopic (exact) mass is 203 g/mol. The molecule has 15 heavy (non-hydrogen) atoms. The van der Waals surface area contributed by atoms with E-state index in [1.807, 2.05) is 38.2 Å². The fourth-order valence-corrected chi connectivity index (χ4v) is 1.26. The van der Waals surface area contributed by atoms with E-state index in [2.05, 4.69) is 15.0 Å². The Morgan fingerprint density at radius 3 is 2.67 bits per heavy atom. The lowest BCUT2D eigenvalue weighted by Crippen LogP contribution is -2.13. The van der Waals surface area contributed by atoms with E-state index in [-0.39, 0.29) is 0 Å². The normalized spacial score (nSPS) is 10.3. The van der Waals surface area contributed by atoms with Gasteiger partial charge in [0.2, 0.25) is 5.95 Å². The Morgan fingerprint density at radius 1 is 1.27 bits per heavy atom. The molecule has 0 aliphatic carbocycles. The minimum absolute atomic E-state index is 0.649. The molecular weight excluding hydrogens is 190 g/mol. The van der Waals surface area contributed by atoms with Crippen molar-refractivity contribution in [3.05, 3.63) is 30.5 Å². The van der Waals surface area contributed by atoms with E-state index in [0.29, 0.717) is 5.95 Å². The molecule has 0 aromatic carbocycles. The molecule has 0 radical (unpaired) electrons. The first-order valence-electron chi connectivity index (χ1n) is 4.68. The van der Waals surface area contributed by atoms with Crippen LogP contribution in [0.4, 0.5) is 5.82 Å². The fourth-order valence-electron chi connectivity index (χ4n) is 1.26. The van der Waals surface area contributed by atoms with Gasteiger partial charge in [0.25, 0.3) is 0 Å². The molecule has 2 aromatic rings. The van der Waals surface area contributed by atoms with Gasteiger partial charge in [0, 0.05) is 38.2 Å². The van der Waals surface area contributed by atoms with Crippen molar-refractivity contribution >= 4 is 5.82 Å². The molecule has 0 atom stereocenters. The topological polar surface area (TPSA) is 46.8 Å². The van der Waals surface area contributed by atoms with Crippen molar-refractivity contribution in [2.24, 2.45) is 0 Å². The molecular formula is C10H13N5. The van der Waals surface area contributed by atoms with Gasteiger partial charge in [-0.3, -0.25) is 4.57 Å². The second kappa shape index (κ2) is 3.68. The minimum atomic E-state index is 0.649. The maximum atomic E-state index is 4.41. The van der Waals surface area contributed by atoms with Crippen LogP contribution in [0.2, 0.25) is 0 Å². The van der Waals surface area contributed by atoms with Gasteiger partial charge in [-0.1, -0.05) is 0 Å². The Bertz CT molecular complexity index is 447. The summed E-state index contributed by atoms with van der Waals surface area (Å²) in [7, 11) is 3.92. The summed E-state index contributed by atoms with van der Waals surface area (Å²) in [5, 5.41) is 0. The van der Waals surface area contributed by atoms with Crippen LogP contribution in [0.25, 0.3) is 5.95 Å². The van der Waals surface area contributed by atoms with E-state index in [4.69, 9.17) is 0 Å². The third kappa shape index (κ3) is 1.96. The highest BCUT2D eigenvalue weighted by Crippen LogP contribution is 2.11. The van der Waals surface area contributed by atoms with Gasteiger partial charge in [-0.25, -0.2) is 9.97 Å². The lowest BCUT2D eigenvalue weighted by atomic mass is 10.4. The molecule has 0 aliphatic rings. The van der Waals surface area contributed by atoms with Gasteiger partial charge in [-0.05, 0) is 6.92 Å². The summed E-state index contributed by atoms with van der Waals surface area (Å²) < 4.78 is 1.79. The smallest absolute Gasteiger partial charge is 0.237 e. The van der Waals surface area contributed by atoms with Gasteiger partial charge in [0.05, 0.1) is 0 Å². The Hall–Kier alpha value is -1.91. The number of anilines is 1. The summed E-state index contributed by atoms with van der Waals surface area (Å²) in [6.45, 7) is 1.95. The third-order valence-electron chi connectivity index (χ3n) is 2.02. The molecule has 0 saturated carbocycles. The van der Waals surface area contributed by atoms with E-state index >= 15 is 0 Å². The zero-order valence-corrected chi connectivity index (χ0v) is 9.05. The van der Waals surface area contributed by atoms with Gasteiger partial charge < -0.3 is 4.90 Å². The van der Waals surface area contributed by atoms with Crippen LogP contribution in [0.1, 0.15) is 5.69 Å². The first kappa shape index (κ1) is 9.64. The highest BCUT2D eigenvalue weighted by atomic mass is 15.2. The third-order valence-corrected chi connectivity index (χ3v) is 2.02. The van der Waals surface area contributed by atoms with Gasteiger partial charge in [0.15, 0.2) is 0 Å². The molecule has 0 fully saturated rings. The average molecular weight is 203 g/mol. The molecule has 5 nitrogen and oxygen atoms in total. The molecule has 0 bridgehead atoms. The molecule has 0 N–H and O–H groups in total. The molecule has 78 valence electrons. The van der Waals surface area contributed by atoms with Crippen LogP contribution < -0.4 is 4.90 Å². The van der Waals surface area contributed by atoms with Crippen LogP contribution in [0.15, 0.2) is 24.8 Å². The van der Waals surface area contributed by atoms with E-state index in [0.717, 1.165) is 11.5 Å². The standard InChI is InChI=1S/C10H13N5/c1-8-6-9(14(2)3)13-10(12-8)15-5-4-11-7-15/h4-7H,1-3H3. The first-order chi connectivity index (χ1) is 7.16. The van der Waals surface area contributed by atoms with Crippen molar-refractivity contribution in [1.82, 2.24) is 19.5 Å². The number of aromatic nitrogens is 4. The van der Waals surface area contributed by atoms with Crippen molar-refractivity contribution in [2.45, 2.75) is 6.92 Å². The summed E-state index contributed by atoms with van der Waals surface area (Å²) in [6, 6.07) is 1.94.